The minimum Gasteiger partial charge on any atom is -0.344 e. The van der Waals surface area contributed by atoms with Crippen molar-refractivity contribution in [2.24, 2.45) is 0 Å². The lowest BCUT2D eigenvalue weighted by Gasteiger charge is -2.20. The van der Waals surface area contributed by atoms with Gasteiger partial charge in [-0.3, -0.25) is 29.0 Å². The van der Waals surface area contributed by atoms with Crippen LogP contribution in [0.1, 0.15) is 10.6 Å². The molecule has 0 radical (unpaired) electrons. The van der Waals surface area contributed by atoms with Gasteiger partial charge in [-0.05, 0) is 23.8 Å². The highest BCUT2D eigenvalue weighted by molar-refractivity contribution is 7.09. The minimum absolute atomic E-state index is 0.00343. The Morgan fingerprint density at radius 2 is 1.92 bits per heavy atom. The second kappa shape index (κ2) is 12.1. The first-order valence-corrected chi connectivity index (χ1v) is 12.5. The number of urea groups is 1. The third-order valence-electron chi connectivity index (χ3n) is 5.71. The molecule has 1 fully saturated rings. The van der Waals surface area contributed by atoms with Gasteiger partial charge in [0.2, 0.25) is 11.7 Å². The van der Waals surface area contributed by atoms with Crippen molar-refractivity contribution >= 4 is 52.2 Å². The lowest BCUT2D eigenvalue weighted by atomic mass is 10.0. The van der Waals surface area contributed by atoms with Crippen LogP contribution in [0.2, 0.25) is 0 Å². The van der Waals surface area contributed by atoms with Crippen LogP contribution in [-0.4, -0.2) is 58.6 Å². The fourth-order valence-electron chi connectivity index (χ4n) is 3.86. The summed E-state index contributed by atoms with van der Waals surface area (Å²) >= 11 is 1.30. The number of nitrogens with zero attached hydrogens (tertiary/aromatic N) is 4. The number of benzene rings is 2. The third-order valence-corrected chi connectivity index (χ3v) is 6.49. The molecule has 4 rings (SSSR count). The molecule has 0 aliphatic carbocycles. The summed E-state index contributed by atoms with van der Waals surface area (Å²) in [6.07, 6.45) is 1.55. The van der Waals surface area contributed by atoms with Gasteiger partial charge in [0.05, 0.1) is 13.1 Å². The summed E-state index contributed by atoms with van der Waals surface area (Å²) in [6, 6.07) is 9.78. The predicted octanol–water partition coefficient (Wildman–Crippen LogP) is 2.21. The van der Waals surface area contributed by atoms with Crippen molar-refractivity contribution in [1.82, 2.24) is 20.5 Å². The Balaban J connectivity index is 1.45. The third kappa shape index (κ3) is 6.68. The topological polar surface area (TPSA) is 133 Å². The Labute approximate surface area is 226 Å². The van der Waals surface area contributed by atoms with E-state index in [1.807, 2.05) is 0 Å². The molecule has 39 heavy (non-hydrogen) atoms. The Morgan fingerprint density at radius 1 is 1.15 bits per heavy atom. The Bertz CT molecular complexity index is 1460. The zero-order valence-corrected chi connectivity index (χ0v) is 21.1. The van der Waals surface area contributed by atoms with Crippen molar-refractivity contribution in [2.75, 3.05) is 18.0 Å². The maximum Gasteiger partial charge on any atom is 0.332 e. The van der Waals surface area contributed by atoms with Crippen LogP contribution in [0.4, 0.5) is 20.6 Å². The van der Waals surface area contributed by atoms with E-state index in [-0.39, 0.29) is 24.3 Å². The minimum atomic E-state index is -1.27. The van der Waals surface area contributed by atoms with Gasteiger partial charge in [-0.25, -0.2) is 19.0 Å². The van der Waals surface area contributed by atoms with Crippen LogP contribution in [0.3, 0.4) is 0 Å². The highest BCUT2D eigenvalue weighted by atomic mass is 32.1. The second-order valence-corrected chi connectivity index (χ2v) is 9.39. The zero-order chi connectivity index (χ0) is 27.9. The largest absolute Gasteiger partial charge is 0.344 e. The van der Waals surface area contributed by atoms with E-state index in [0.29, 0.717) is 15.5 Å². The molecule has 2 aromatic carbocycles. The van der Waals surface area contributed by atoms with Gasteiger partial charge in [-0.15, -0.1) is 11.3 Å². The van der Waals surface area contributed by atoms with E-state index in [1.165, 1.54) is 17.4 Å². The number of hydrogen-bond donors (Lipinski definition) is 2. The van der Waals surface area contributed by atoms with E-state index in [9.17, 15) is 28.4 Å². The quantitative estimate of drug-likeness (QED) is 0.227. The molecular weight excluding hydrogens is 527 g/mol. The fraction of sp³-hybridized carbons (Fsp3) is 0.192. The molecule has 1 atom stereocenters. The Morgan fingerprint density at radius 3 is 2.62 bits per heavy atom. The summed E-state index contributed by atoms with van der Waals surface area (Å²) in [5.74, 6) is -4.16. The second-order valence-electron chi connectivity index (χ2n) is 8.41. The normalized spacial score (nSPS) is 13.6. The molecule has 1 aliphatic heterocycles. The fourth-order valence-corrected chi connectivity index (χ4v) is 4.42. The zero-order valence-electron chi connectivity index (χ0n) is 20.3. The Hall–Kier alpha value is -4.96. The van der Waals surface area contributed by atoms with Crippen molar-refractivity contribution in [2.45, 2.75) is 19.0 Å². The molecule has 2 heterocycles. The number of nitrogens with one attached hydrogen (secondary N) is 2. The molecule has 0 saturated carbocycles. The predicted molar refractivity (Wildman–Crippen MR) is 138 cm³/mol. The molecule has 13 heteroatoms. The molecule has 0 spiro atoms. The van der Waals surface area contributed by atoms with Crippen LogP contribution in [0.5, 0.6) is 0 Å². The van der Waals surface area contributed by atoms with Crippen molar-refractivity contribution < 1.29 is 28.4 Å². The molecule has 2 N–H and O–H groups in total. The van der Waals surface area contributed by atoms with Crippen LogP contribution in [0.15, 0.2) is 60.1 Å². The van der Waals surface area contributed by atoms with Gasteiger partial charge >= 0.3 is 6.03 Å². The summed E-state index contributed by atoms with van der Waals surface area (Å²) in [6.45, 7) is 5.92. The van der Waals surface area contributed by atoms with Gasteiger partial charge in [0, 0.05) is 23.7 Å². The lowest BCUT2D eigenvalue weighted by molar-refractivity contribution is -0.140. The number of imide groups is 1. The molecule has 5 amide bonds. The number of anilines is 1. The number of carbonyl (C=O) groups excluding carboxylic acids is 5. The number of halogens is 1. The number of Topliss-reactive ketones (excluding diaryl/α,β-unsaturated/α-hetero) is 1. The summed E-state index contributed by atoms with van der Waals surface area (Å²) < 4.78 is 13.9. The van der Waals surface area contributed by atoms with E-state index in [0.717, 1.165) is 17.0 Å². The number of rotatable bonds is 10. The molecule has 0 unspecified atom stereocenters. The van der Waals surface area contributed by atoms with Crippen LogP contribution in [0, 0.1) is 12.4 Å². The van der Waals surface area contributed by atoms with Gasteiger partial charge in [0.25, 0.3) is 11.8 Å². The van der Waals surface area contributed by atoms with Gasteiger partial charge in [0.15, 0.2) is 5.69 Å². The van der Waals surface area contributed by atoms with E-state index >= 15 is 0 Å². The SMILES string of the molecule is [C-]#[N+]c1cc(F)cc(N2CC(=O)N(CC(=O)N[C@H](Cc3ccccc3)C(=O)C(=O)NCc3nccs3)C2=O)c1. The van der Waals surface area contributed by atoms with Crippen molar-refractivity contribution in [3.8, 4) is 0 Å². The van der Waals surface area contributed by atoms with E-state index in [1.54, 1.807) is 41.9 Å². The van der Waals surface area contributed by atoms with Crippen LogP contribution in [-0.2, 0) is 32.1 Å². The number of thiazole rings is 1. The average Bonchev–Trinajstić information content (AvgIpc) is 3.55. The monoisotopic (exact) mass is 548 g/mol. The van der Waals surface area contributed by atoms with E-state index < -0.39 is 54.5 Å². The molecule has 11 nitrogen and oxygen atoms in total. The first-order chi connectivity index (χ1) is 18.7. The summed E-state index contributed by atoms with van der Waals surface area (Å²) in [7, 11) is 0. The summed E-state index contributed by atoms with van der Waals surface area (Å²) in [5.41, 5.74) is 0.609. The van der Waals surface area contributed by atoms with Crippen LogP contribution < -0.4 is 15.5 Å². The molecule has 198 valence electrons. The molecule has 1 saturated heterocycles. The average molecular weight is 549 g/mol. The number of aromatic nitrogens is 1. The maximum absolute atomic E-state index is 13.9. The van der Waals surface area contributed by atoms with Crippen LogP contribution in [0.25, 0.3) is 4.85 Å². The van der Waals surface area contributed by atoms with E-state index in [2.05, 4.69) is 20.5 Å². The van der Waals surface area contributed by atoms with Gasteiger partial charge in [-0.1, -0.05) is 30.3 Å². The molecule has 3 aromatic rings. The standard InChI is InChI=1S/C26H21FN6O5S/c1-28-18-10-17(27)11-19(12-18)32-15-23(35)33(26(32)38)14-21(34)31-20(9-16-5-3-2-4-6-16)24(36)25(37)30-13-22-29-7-8-39-22/h2-8,10-12,20H,9,13-15H2,(H,30,37)(H,31,34)/t20-/m1/s1. The highest BCUT2D eigenvalue weighted by Crippen LogP contribution is 2.27. The van der Waals surface area contributed by atoms with Gasteiger partial charge < -0.3 is 10.6 Å². The number of amides is 5. The van der Waals surface area contributed by atoms with Crippen molar-refractivity contribution in [3.05, 3.63) is 87.9 Å². The lowest BCUT2D eigenvalue weighted by Crippen LogP contribution is -2.51. The molecular formula is C26H21FN6O5S. The first kappa shape index (κ1) is 27.1. The molecule has 1 aromatic heterocycles. The molecule has 1 aliphatic rings. The van der Waals surface area contributed by atoms with E-state index in [4.69, 9.17) is 6.57 Å². The summed E-state index contributed by atoms with van der Waals surface area (Å²) in [5, 5.41) is 7.26. The first-order valence-electron chi connectivity index (χ1n) is 11.6. The van der Waals surface area contributed by atoms with Gasteiger partial charge in [0.1, 0.15) is 30.0 Å². The highest BCUT2D eigenvalue weighted by Gasteiger charge is 2.39. The number of carbonyl (C=O) groups is 5. The van der Waals surface area contributed by atoms with Crippen molar-refractivity contribution in [3.63, 3.8) is 0 Å². The Kier molecular flexibility index (Phi) is 8.37. The number of ketones is 1. The number of hydrogen-bond acceptors (Lipinski definition) is 7. The smallest absolute Gasteiger partial charge is 0.332 e. The molecule has 0 bridgehead atoms. The summed E-state index contributed by atoms with van der Waals surface area (Å²) in [4.78, 5) is 72.7. The van der Waals surface area contributed by atoms with Crippen LogP contribution >= 0.6 is 11.3 Å². The van der Waals surface area contributed by atoms with Gasteiger partial charge in [-0.2, -0.15) is 0 Å². The van der Waals surface area contributed by atoms with Crippen molar-refractivity contribution in [1.29, 1.82) is 0 Å². The maximum atomic E-state index is 13.9.